The van der Waals surface area contributed by atoms with Gasteiger partial charge in [0.25, 0.3) is 0 Å². The predicted octanol–water partition coefficient (Wildman–Crippen LogP) is 2.29. The van der Waals surface area contributed by atoms with E-state index in [4.69, 9.17) is 0 Å². The summed E-state index contributed by atoms with van der Waals surface area (Å²) in [6.45, 7) is 0. The quantitative estimate of drug-likeness (QED) is 0.598. The minimum atomic E-state index is 0.711. The fourth-order valence-corrected chi connectivity index (χ4v) is 1.86. The van der Waals surface area contributed by atoms with Crippen molar-refractivity contribution in [2.24, 2.45) is 0 Å². The summed E-state index contributed by atoms with van der Waals surface area (Å²) < 4.78 is 2.61. The molecule has 3 aromatic rings. The summed E-state index contributed by atoms with van der Waals surface area (Å²) in [6, 6.07) is 5.58. The Morgan fingerprint density at radius 2 is 2.11 bits per heavy atom. The van der Waals surface area contributed by atoms with Crippen molar-refractivity contribution in [3.05, 3.63) is 58.7 Å². The Hall–Kier alpha value is -2.19. The van der Waals surface area contributed by atoms with Gasteiger partial charge in [-0.2, -0.15) is 5.10 Å². The van der Waals surface area contributed by atoms with Gasteiger partial charge in [-0.3, -0.25) is 4.98 Å². The van der Waals surface area contributed by atoms with Gasteiger partial charge in [0.15, 0.2) is 5.65 Å². The third-order valence-electron chi connectivity index (χ3n) is 2.30. The van der Waals surface area contributed by atoms with Gasteiger partial charge in [-0.15, -0.1) is 0 Å². The number of fused-ring (bicyclic) bond motifs is 1. The van der Waals surface area contributed by atoms with E-state index >= 15 is 0 Å². The zero-order valence-electron chi connectivity index (χ0n) is 9.21. The van der Waals surface area contributed by atoms with Gasteiger partial charge in [0.2, 0.25) is 0 Å². The van der Waals surface area contributed by atoms with Crippen LogP contribution >= 0.6 is 15.9 Å². The molecule has 0 amide bonds. The number of rotatable bonds is 0. The maximum Gasteiger partial charge on any atom is 0.156 e. The zero-order chi connectivity index (χ0) is 12.4. The Balaban J connectivity index is 1.97. The molecule has 0 aliphatic carbocycles. The second-order valence-corrected chi connectivity index (χ2v) is 4.50. The largest absolute Gasteiger partial charge is 0.262 e. The van der Waals surface area contributed by atoms with Gasteiger partial charge in [0.05, 0.1) is 6.20 Å². The minimum absolute atomic E-state index is 0.711. The van der Waals surface area contributed by atoms with Crippen molar-refractivity contribution in [2.75, 3.05) is 0 Å². The molecule has 3 aromatic heterocycles. The molecule has 0 bridgehead atoms. The Kier molecular flexibility index (Phi) is 2.79. The van der Waals surface area contributed by atoms with Crippen molar-refractivity contribution < 1.29 is 0 Å². The molecular weight excluding hydrogens is 292 g/mol. The van der Waals surface area contributed by atoms with E-state index in [2.05, 4.69) is 42.8 Å². The van der Waals surface area contributed by atoms with E-state index in [0.717, 1.165) is 15.7 Å². The second kappa shape index (κ2) is 4.59. The lowest BCUT2D eigenvalue weighted by molar-refractivity contribution is 0.936. The van der Waals surface area contributed by atoms with Gasteiger partial charge in [0.1, 0.15) is 5.69 Å². The highest BCUT2D eigenvalue weighted by molar-refractivity contribution is 9.10. The molecule has 18 heavy (non-hydrogen) atoms. The Labute approximate surface area is 112 Å². The summed E-state index contributed by atoms with van der Waals surface area (Å²) in [5, 5.41) is 4.08. The predicted molar refractivity (Wildman–Crippen MR) is 70.9 cm³/mol. The average Bonchev–Trinajstić information content (AvgIpc) is 2.84. The summed E-state index contributed by atoms with van der Waals surface area (Å²) in [6.07, 6.45) is 6.99. The molecule has 0 atom stereocenters. The highest BCUT2D eigenvalue weighted by Crippen LogP contribution is 2.08. The monoisotopic (exact) mass is 298 g/mol. The molecule has 3 heterocycles. The molecular formula is C13H7BrN4. The van der Waals surface area contributed by atoms with Gasteiger partial charge >= 0.3 is 0 Å². The van der Waals surface area contributed by atoms with Crippen molar-refractivity contribution in [3.8, 4) is 11.8 Å². The van der Waals surface area contributed by atoms with E-state index in [1.165, 1.54) is 0 Å². The summed E-state index contributed by atoms with van der Waals surface area (Å²) in [7, 11) is 0. The number of pyridine rings is 1. The molecule has 0 fully saturated rings. The molecule has 0 unspecified atom stereocenters. The smallest absolute Gasteiger partial charge is 0.156 e. The third kappa shape index (κ3) is 2.24. The third-order valence-corrected chi connectivity index (χ3v) is 2.73. The van der Waals surface area contributed by atoms with E-state index < -0.39 is 0 Å². The van der Waals surface area contributed by atoms with E-state index in [9.17, 15) is 0 Å². The van der Waals surface area contributed by atoms with Crippen LogP contribution in [0.15, 0.2) is 47.5 Å². The molecule has 4 nitrogen and oxygen atoms in total. The van der Waals surface area contributed by atoms with E-state index in [0.29, 0.717) is 5.69 Å². The fourth-order valence-electron chi connectivity index (χ4n) is 1.50. The van der Waals surface area contributed by atoms with E-state index in [1.54, 1.807) is 23.1 Å². The highest BCUT2D eigenvalue weighted by atomic mass is 79.9. The number of aromatic nitrogens is 4. The molecule has 5 heteroatoms. The van der Waals surface area contributed by atoms with Crippen molar-refractivity contribution in [1.82, 2.24) is 19.6 Å². The van der Waals surface area contributed by atoms with E-state index in [-0.39, 0.29) is 0 Å². The van der Waals surface area contributed by atoms with Crippen molar-refractivity contribution in [1.29, 1.82) is 0 Å². The van der Waals surface area contributed by atoms with Gasteiger partial charge in [-0.05, 0) is 34.0 Å². The molecule has 0 saturated heterocycles. The van der Waals surface area contributed by atoms with Crippen LogP contribution in [-0.2, 0) is 0 Å². The summed E-state index contributed by atoms with van der Waals surface area (Å²) in [4.78, 5) is 8.42. The molecule has 0 aliphatic rings. The molecule has 0 N–H and O–H groups in total. The second-order valence-electron chi connectivity index (χ2n) is 3.59. The number of nitrogens with zero attached hydrogens (tertiary/aromatic N) is 4. The number of hydrogen-bond acceptors (Lipinski definition) is 3. The first-order valence-electron chi connectivity index (χ1n) is 5.24. The first-order chi connectivity index (χ1) is 8.81. The molecule has 0 aliphatic heterocycles. The minimum Gasteiger partial charge on any atom is -0.262 e. The van der Waals surface area contributed by atoms with Crippen LogP contribution in [0.25, 0.3) is 5.65 Å². The highest BCUT2D eigenvalue weighted by Gasteiger charge is 1.95. The molecule has 0 saturated carbocycles. The Morgan fingerprint density at radius 1 is 1.17 bits per heavy atom. The molecule has 0 spiro atoms. The average molecular weight is 299 g/mol. The van der Waals surface area contributed by atoms with Crippen molar-refractivity contribution in [2.45, 2.75) is 0 Å². The zero-order valence-corrected chi connectivity index (χ0v) is 10.8. The summed E-state index contributed by atoms with van der Waals surface area (Å²) in [5.41, 5.74) is 2.34. The maximum atomic E-state index is 4.37. The van der Waals surface area contributed by atoms with Crippen LogP contribution in [0.4, 0.5) is 0 Å². The van der Waals surface area contributed by atoms with Crippen LogP contribution in [0.3, 0.4) is 0 Å². The van der Waals surface area contributed by atoms with Crippen LogP contribution < -0.4 is 0 Å². The topological polar surface area (TPSA) is 43.1 Å². The van der Waals surface area contributed by atoms with E-state index in [1.807, 2.05) is 24.4 Å². The fraction of sp³-hybridized carbons (Fsp3) is 0. The van der Waals surface area contributed by atoms with Crippen LogP contribution in [-0.4, -0.2) is 19.6 Å². The summed E-state index contributed by atoms with van der Waals surface area (Å²) >= 11 is 3.36. The molecule has 0 aromatic carbocycles. The molecule has 0 radical (unpaired) electrons. The first kappa shape index (κ1) is 10.9. The lowest BCUT2D eigenvalue weighted by atomic mass is 10.3. The van der Waals surface area contributed by atoms with Crippen molar-refractivity contribution >= 4 is 21.6 Å². The lowest BCUT2D eigenvalue weighted by Crippen LogP contribution is -1.91. The standard InChI is InChI=1S/C13H7BrN4/c14-11-7-10(8-15-9-11)1-2-12-4-6-18-13(17-12)3-5-16-18/h3-9H. The van der Waals surface area contributed by atoms with Gasteiger partial charge in [-0.25, -0.2) is 9.50 Å². The Bertz CT molecular complexity index is 767. The van der Waals surface area contributed by atoms with Gasteiger partial charge in [-0.1, -0.05) is 5.92 Å². The normalized spacial score (nSPS) is 10.1. The number of hydrogen-bond donors (Lipinski definition) is 0. The first-order valence-corrected chi connectivity index (χ1v) is 6.03. The summed E-state index contributed by atoms with van der Waals surface area (Å²) in [5.74, 6) is 6.03. The van der Waals surface area contributed by atoms with Crippen molar-refractivity contribution in [3.63, 3.8) is 0 Å². The lowest BCUT2D eigenvalue weighted by Gasteiger charge is -1.93. The number of halogens is 1. The SMILES string of the molecule is Brc1cncc(C#Cc2ccn3nccc3n2)c1. The molecule has 86 valence electrons. The van der Waals surface area contributed by atoms with Gasteiger partial charge < -0.3 is 0 Å². The van der Waals surface area contributed by atoms with Crippen LogP contribution in [0, 0.1) is 11.8 Å². The maximum absolute atomic E-state index is 4.37. The van der Waals surface area contributed by atoms with Crippen LogP contribution in [0.1, 0.15) is 11.3 Å². The van der Waals surface area contributed by atoms with Crippen LogP contribution in [0.5, 0.6) is 0 Å². The van der Waals surface area contributed by atoms with Crippen LogP contribution in [0.2, 0.25) is 0 Å². The Morgan fingerprint density at radius 3 is 3.00 bits per heavy atom. The van der Waals surface area contributed by atoms with Gasteiger partial charge in [0, 0.05) is 34.7 Å². The molecule has 3 rings (SSSR count).